The number of benzene rings is 1. The second-order valence-electron chi connectivity index (χ2n) is 2.99. The largest absolute Gasteiger partial charge is 0.205 e. The predicted molar refractivity (Wildman–Crippen MR) is 49.7 cm³/mol. The summed E-state index contributed by atoms with van der Waals surface area (Å²) in [7, 11) is 0. The van der Waals surface area contributed by atoms with E-state index in [9.17, 15) is 4.39 Å². The molecular formula is C11H12FN. The number of rotatable bonds is 3. The highest BCUT2D eigenvalue weighted by atomic mass is 19.1. The smallest absolute Gasteiger partial charge is 0.144 e. The molecule has 0 saturated carbocycles. The van der Waals surface area contributed by atoms with Crippen LogP contribution in [0.15, 0.2) is 18.2 Å². The van der Waals surface area contributed by atoms with E-state index in [0.717, 1.165) is 19.3 Å². The Balaban J connectivity index is 2.90. The number of halogens is 1. The van der Waals surface area contributed by atoms with Gasteiger partial charge in [0.05, 0.1) is 5.56 Å². The molecule has 1 nitrogen and oxygen atoms in total. The lowest BCUT2D eigenvalue weighted by molar-refractivity contribution is 0.599. The first-order valence-electron chi connectivity index (χ1n) is 4.47. The summed E-state index contributed by atoms with van der Waals surface area (Å²) in [6.45, 7) is 2.06. The molecule has 68 valence electrons. The maximum Gasteiger partial charge on any atom is 0.144 e. The van der Waals surface area contributed by atoms with Gasteiger partial charge < -0.3 is 0 Å². The third kappa shape index (κ3) is 2.29. The summed E-state index contributed by atoms with van der Waals surface area (Å²) in [6.07, 6.45) is 2.72. The van der Waals surface area contributed by atoms with Gasteiger partial charge in [0, 0.05) is 0 Å². The minimum atomic E-state index is -0.349. The molecule has 0 spiro atoms. The fraction of sp³-hybridized carbons (Fsp3) is 0.364. The molecule has 0 heterocycles. The first-order chi connectivity index (χ1) is 6.29. The molecule has 1 aromatic carbocycles. The number of aryl methyl sites for hydroxylation is 1. The summed E-state index contributed by atoms with van der Waals surface area (Å²) in [5.41, 5.74) is 0.800. The Labute approximate surface area is 77.8 Å². The molecule has 0 saturated heterocycles. The van der Waals surface area contributed by atoms with Gasteiger partial charge in [-0.3, -0.25) is 0 Å². The minimum absolute atomic E-state index is 0.147. The zero-order chi connectivity index (χ0) is 9.68. The first kappa shape index (κ1) is 9.73. The Morgan fingerprint density at radius 3 is 2.85 bits per heavy atom. The van der Waals surface area contributed by atoms with Crippen LogP contribution < -0.4 is 0 Å². The van der Waals surface area contributed by atoms with E-state index in [1.807, 2.05) is 6.07 Å². The molecule has 0 aliphatic rings. The monoisotopic (exact) mass is 177 g/mol. The van der Waals surface area contributed by atoms with E-state index >= 15 is 0 Å². The summed E-state index contributed by atoms with van der Waals surface area (Å²) in [5, 5.41) is 8.58. The number of hydrogen-bond acceptors (Lipinski definition) is 1. The molecule has 0 N–H and O–H groups in total. The van der Waals surface area contributed by atoms with Crippen molar-refractivity contribution in [3.8, 4) is 6.07 Å². The fourth-order valence-electron chi connectivity index (χ4n) is 1.23. The van der Waals surface area contributed by atoms with Gasteiger partial charge in [-0.05, 0) is 24.5 Å². The molecule has 0 aliphatic carbocycles. The molecule has 0 aliphatic heterocycles. The van der Waals surface area contributed by atoms with Crippen molar-refractivity contribution >= 4 is 0 Å². The van der Waals surface area contributed by atoms with Crippen LogP contribution in [0.2, 0.25) is 0 Å². The third-order valence-corrected chi connectivity index (χ3v) is 2.00. The summed E-state index contributed by atoms with van der Waals surface area (Å²) >= 11 is 0. The lowest BCUT2D eigenvalue weighted by Gasteiger charge is -2.02. The highest BCUT2D eigenvalue weighted by molar-refractivity contribution is 5.34. The van der Waals surface area contributed by atoms with E-state index < -0.39 is 0 Å². The molecule has 0 aromatic heterocycles. The number of nitrogens with zero attached hydrogens (tertiary/aromatic N) is 1. The van der Waals surface area contributed by atoms with Crippen LogP contribution >= 0.6 is 0 Å². The Bertz CT molecular complexity index is 325. The topological polar surface area (TPSA) is 23.8 Å². The molecule has 0 unspecified atom stereocenters. The van der Waals surface area contributed by atoms with Gasteiger partial charge in [-0.25, -0.2) is 4.39 Å². The van der Waals surface area contributed by atoms with Gasteiger partial charge in [-0.1, -0.05) is 25.5 Å². The van der Waals surface area contributed by atoms with Crippen molar-refractivity contribution in [2.45, 2.75) is 26.2 Å². The molecule has 0 bridgehead atoms. The number of hydrogen-bond donors (Lipinski definition) is 0. The van der Waals surface area contributed by atoms with Crippen molar-refractivity contribution in [1.29, 1.82) is 5.26 Å². The van der Waals surface area contributed by atoms with E-state index in [4.69, 9.17) is 5.26 Å². The molecular weight excluding hydrogens is 165 g/mol. The van der Waals surface area contributed by atoms with Crippen molar-refractivity contribution in [2.75, 3.05) is 0 Å². The van der Waals surface area contributed by atoms with Crippen molar-refractivity contribution in [1.82, 2.24) is 0 Å². The number of unbranched alkanes of at least 4 members (excludes halogenated alkanes) is 1. The van der Waals surface area contributed by atoms with Crippen molar-refractivity contribution in [3.63, 3.8) is 0 Å². The minimum Gasteiger partial charge on any atom is -0.205 e. The highest BCUT2D eigenvalue weighted by Crippen LogP contribution is 2.14. The molecule has 1 aromatic rings. The zero-order valence-corrected chi connectivity index (χ0v) is 7.68. The number of nitriles is 1. The van der Waals surface area contributed by atoms with Gasteiger partial charge in [-0.15, -0.1) is 0 Å². The van der Waals surface area contributed by atoms with Crippen LogP contribution in [-0.4, -0.2) is 0 Å². The van der Waals surface area contributed by atoms with E-state index in [1.165, 1.54) is 6.07 Å². The van der Waals surface area contributed by atoms with Crippen molar-refractivity contribution in [2.24, 2.45) is 0 Å². The van der Waals surface area contributed by atoms with Gasteiger partial charge >= 0.3 is 0 Å². The van der Waals surface area contributed by atoms with Crippen molar-refractivity contribution in [3.05, 3.63) is 35.1 Å². The van der Waals surface area contributed by atoms with E-state index in [0.29, 0.717) is 5.56 Å². The van der Waals surface area contributed by atoms with Crippen LogP contribution in [0.4, 0.5) is 4.39 Å². The van der Waals surface area contributed by atoms with E-state index in [1.54, 1.807) is 12.1 Å². The SMILES string of the molecule is CCCCc1cccc(C#N)c1F. The van der Waals surface area contributed by atoms with Crippen LogP contribution in [0.1, 0.15) is 30.9 Å². The third-order valence-electron chi connectivity index (χ3n) is 2.00. The molecule has 0 amide bonds. The van der Waals surface area contributed by atoms with Crippen LogP contribution in [0.5, 0.6) is 0 Å². The predicted octanol–water partition coefficient (Wildman–Crippen LogP) is 3.04. The second-order valence-corrected chi connectivity index (χ2v) is 2.99. The fourth-order valence-corrected chi connectivity index (χ4v) is 1.23. The van der Waals surface area contributed by atoms with Crippen LogP contribution in [0.3, 0.4) is 0 Å². The summed E-state index contributed by atoms with van der Waals surface area (Å²) in [6, 6.07) is 6.81. The van der Waals surface area contributed by atoms with Crippen LogP contribution in [0, 0.1) is 17.1 Å². The molecule has 0 atom stereocenters. The highest BCUT2D eigenvalue weighted by Gasteiger charge is 2.05. The summed E-state index contributed by atoms with van der Waals surface area (Å²) < 4.78 is 13.4. The van der Waals surface area contributed by atoms with Gasteiger partial charge in [0.25, 0.3) is 0 Å². The van der Waals surface area contributed by atoms with Gasteiger partial charge in [0.2, 0.25) is 0 Å². The molecule has 1 rings (SSSR count). The van der Waals surface area contributed by atoms with Crippen LogP contribution in [0.25, 0.3) is 0 Å². The maximum atomic E-state index is 13.4. The standard InChI is InChI=1S/C11H12FN/c1-2-3-5-9-6-4-7-10(8-13)11(9)12/h4,6-7H,2-3,5H2,1H3. The molecule has 2 heteroatoms. The Morgan fingerprint density at radius 1 is 1.46 bits per heavy atom. The summed E-state index contributed by atoms with van der Waals surface area (Å²) in [4.78, 5) is 0. The quantitative estimate of drug-likeness (QED) is 0.696. The van der Waals surface area contributed by atoms with Gasteiger partial charge in [-0.2, -0.15) is 5.26 Å². The zero-order valence-electron chi connectivity index (χ0n) is 7.68. The Hall–Kier alpha value is -1.36. The summed E-state index contributed by atoms with van der Waals surface area (Å²) in [5.74, 6) is -0.349. The Kier molecular flexibility index (Phi) is 3.45. The van der Waals surface area contributed by atoms with Gasteiger partial charge in [0.15, 0.2) is 0 Å². The average molecular weight is 177 g/mol. The second kappa shape index (κ2) is 4.61. The van der Waals surface area contributed by atoms with E-state index in [-0.39, 0.29) is 11.4 Å². The Morgan fingerprint density at radius 2 is 2.23 bits per heavy atom. The van der Waals surface area contributed by atoms with Crippen molar-refractivity contribution < 1.29 is 4.39 Å². The average Bonchev–Trinajstić information content (AvgIpc) is 2.16. The van der Waals surface area contributed by atoms with Gasteiger partial charge in [0.1, 0.15) is 11.9 Å². The van der Waals surface area contributed by atoms with Crippen LogP contribution in [-0.2, 0) is 6.42 Å². The maximum absolute atomic E-state index is 13.4. The van der Waals surface area contributed by atoms with E-state index in [2.05, 4.69) is 6.92 Å². The molecule has 0 fully saturated rings. The molecule has 0 radical (unpaired) electrons. The lowest BCUT2D eigenvalue weighted by atomic mass is 10.1. The lowest BCUT2D eigenvalue weighted by Crippen LogP contribution is -1.93. The normalized spacial score (nSPS) is 9.62. The molecule has 13 heavy (non-hydrogen) atoms. The first-order valence-corrected chi connectivity index (χ1v) is 4.47.